The third-order valence-corrected chi connectivity index (χ3v) is 2.41. The topological polar surface area (TPSA) is 72.0 Å². The standard InChI is InChI=1S/C12H13N3O/c13-12-10(2-1-5-15-12)11(16)8-9-3-6-14-7-4-9/h1-7,11,16H,8H2,(H2,13,15). The molecule has 0 radical (unpaired) electrons. The van der Waals surface area contributed by atoms with E-state index >= 15 is 0 Å². The lowest BCUT2D eigenvalue weighted by molar-refractivity contribution is 0.179. The van der Waals surface area contributed by atoms with Crippen LogP contribution in [0.4, 0.5) is 5.82 Å². The molecule has 0 fully saturated rings. The SMILES string of the molecule is Nc1ncccc1C(O)Cc1ccncc1. The van der Waals surface area contributed by atoms with E-state index in [0.717, 1.165) is 5.56 Å². The highest BCUT2D eigenvalue weighted by molar-refractivity contribution is 5.40. The van der Waals surface area contributed by atoms with Gasteiger partial charge < -0.3 is 10.8 Å². The van der Waals surface area contributed by atoms with E-state index in [1.165, 1.54) is 0 Å². The first-order valence-corrected chi connectivity index (χ1v) is 5.04. The molecule has 0 aromatic carbocycles. The van der Waals surface area contributed by atoms with Crippen molar-refractivity contribution in [2.75, 3.05) is 5.73 Å². The number of aliphatic hydroxyl groups is 1. The number of anilines is 1. The molecule has 0 aliphatic heterocycles. The largest absolute Gasteiger partial charge is 0.388 e. The van der Waals surface area contributed by atoms with Crippen LogP contribution in [0.2, 0.25) is 0 Å². The third kappa shape index (κ3) is 2.35. The normalized spacial score (nSPS) is 12.3. The first-order valence-electron chi connectivity index (χ1n) is 5.04. The number of nitrogen functional groups attached to an aromatic ring is 1. The summed E-state index contributed by atoms with van der Waals surface area (Å²) in [6, 6.07) is 7.29. The predicted molar refractivity (Wildman–Crippen MR) is 61.6 cm³/mol. The van der Waals surface area contributed by atoms with Gasteiger partial charge in [0, 0.05) is 30.6 Å². The Bertz CT molecular complexity index is 459. The van der Waals surface area contributed by atoms with Gasteiger partial charge in [0.2, 0.25) is 0 Å². The molecule has 1 unspecified atom stereocenters. The van der Waals surface area contributed by atoms with Crippen LogP contribution in [-0.4, -0.2) is 15.1 Å². The van der Waals surface area contributed by atoms with E-state index in [-0.39, 0.29) is 0 Å². The molecule has 2 aromatic heterocycles. The average Bonchev–Trinajstić information content (AvgIpc) is 2.31. The van der Waals surface area contributed by atoms with Crippen molar-refractivity contribution < 1.29 is 5.11 Å². The number of nitrogens with zero attached hydrogens (tertiary/aromatic N) is 2. The van der Waals surface area contributed by atoms with E-state index in [2.05, 4.69) is 9.97 Å². The molecule has 0 aliphatic carbocycles. The van der Waals surface area contributed by atoms with Crippen molar-refractivity contribution in [3.63, 3.8) is 0 Å². The zero-order chi connectivity index (χ0) is 11.4. The minimum Gasteiger partial charge on any atom is -0.388 e. The summed E-state index contributed by atoms with van der Waals surface area (Å²) in [7, 11) is 0. The lowest BCUT2D eigenvalue weighted by atomic mass is 10.0. The molecule has 1 atom stereocenters. The molecule has 0 bridgehead atoms. The minimum atomic E-state index is -0.629. The van der Waals surface area contributed by atoms with Crippen molar-refractivity contribution in [1.82, 2.24) is 9.97 Å². The zero-order valence-electron chi connectivity index (χ0n) is 8.74. The van der Waals surface area contributed by atoms with Crippen LogP contribution >= 0.6 is 0 Å². The van der Waals surface area contributed by atoms with E-state index in [1.807, 2.05) is 12.1 Å². The first-order chi connectivity index (χ1) is 7.77. The summed E-state index contributed by atoms with van der Waals surface area (Å²) in [5.41, 5.74) is 7.38. The lowest BCUT2D eigenvalue weighted by Gasteiger charge is -2.12. The van der Waals surface area contributed by atoms with Gasteiger partial charge in [0.15, 0.2) is 0 Å². The fraction of sp³-hybridized carbons (Fsp3) is 0.167. The van der Waals surface area contributed by atoms with Gasteiger partial charge in [-0.1, -0.05) is 6.07 Å². The van der Waals surface area contributed by atoms with Gasteiger partial charge in [-0.3, -0.25) is 4.98 Å². The molecule has 4 heteroatoms. The number of aromatic nitrogens is 2. The van der Waals surface area contributed by atoms with Crippen molar-refractivity contribution >= 4 is 5.82 Å². The molecule has 0 saturated heterocycles. The summed E-state index contributed by atoms with van der Waals surface area (Å²) in [6.07, 6.45) is 4.90. The van der Waals surface area contributed by atoms with Gasteiger partial charge in [-0.25, -0.2) is 4.98 Å². The molecule has 3 N–H and O–H groups in total. The first kappa shape index (κ1) is 10.6. The van der Waals surface area contributed by atoms with E-state index in [0.29, 0.717) is 17.8 Å². The molecule has 82 valence electrons. The second-order valence-corrected chi connectivity index (χ2v) is 3.55. The third-order valence-electron chi connectivity index (χ3n) is 2.41. The maximum Gasteiger partial charge on any atom is 0.129 e. The molecule has 0 amide bonds. The van der Waals surface area contributed by atoms with Crippen LogP contribution in [0.5, 0.6) is 0 Å². The lowest BCUT2D eigenvalue weighted by Crippen LogP contribution is -2.06. The van der Waals surface area contributed by atoms with Crippen molar-refractivity contribution in [2.45, 2.75) is 12.5 Å². The maximum absolute atomic E-state index is 10.0. The molecule has 2 aromatic rings. The quantitative estimate of drug-likeness (QED) is 0.810. The molecule has 2 heterocycles. The summed E-state index contributed by atoms with van der Waals surface area (Å²) >= 11 is 0. The number of hydrogen-bond acceptors (Lipinski definition) is 4. The number of aliphatic hydroxyl groups excluding tert-OH is 1. The fourth-order valence-electron chi connectivity index (χ4n) is 1.56. The summed E-state index contributed by atoms with van der Waals surface area (Å²) in [4.78, 5) is 7.87. The Labute approximate surface area is 93.8 Å². The second kappa shape index (κ2) is 4.72. The Morgan fingerprint density at radius 3 is 2.62 bits per heavy atom. The van der Waals surface area contributed by atoms with Crippen LogP contribution in [-0.2, 0) is 6.42 Å². The van der Waals surface area contributed by atoms with Gasteiger partial charge in [-0.15, -0.1) is 0 Å². The van der Waals surface area contributed by atoms with Gasteiger partial charge in [0.05, 0.1) is 6.10 Å². The van der Waals surface area contributed by atoms with Crippen LogP contribution in [0.25, 0.3) is 0 Å². The monoisotopic (exact) mass is 215 g/mol. The Balaban J connectivity index is 2.15. The van der Waals surface area contributed by atoms with Gasteiger partial charge in [-0.05, 0) is 23.8 Å². The summed E-state index contributed by atoms with van der Waals surface area (Å²) in [6.45, 7) is 0. The minimum absolute atomic E-state index is 0.379. The highest BCUT2D eigenvalue weighted by atomic mass is 16.3. The zero-order valence-corrected chi connectivity index (χ0v) is 8.74. The molecule has 0 spiro atoms. The summed E-state index contributed by atoms with van der Waals surface area (Å²) < 4.78 is 0. The summed E-state index contributed by atoms with van der Waals surface area (Å²) in [5.74, 6) is 0.379. The van der Waals surface area contributed by atoms with Crippen molar-refractivity contribution in [1.29, 1.82) is 0 Å². The smallest absolute Gasteiger partial charge is 0.129 e. The molecule has 0 saturated carbocycles. The van der Waals surface area contributed by atoms with Gasteiger partial charge in [-0.2, -0.15) is 0 Å². The van der Waals surface area contributed by atoms with Crippen molar-refractivity contribution in [2.24, 2.45) is 0 Å². The number of rotatable bonds is 3. The van der Waals surface area contributed by atoms with Crippen LogP contribution in [0.3, 0.4) is 0 Å². The molecular formula is C12H13N3O. The van der Waals surface area contributed by atoms with Crippen LogP contribution in [0.1, 0.15) is 17.2 Å². The molecule has 16 heavy (non-hydrogen) atoms. The number of pyridine rings is 2. The number of nitrogens with two attached hydrogens (primary N) is 1. The fourth-order valence-corrected chi connectivity index (χ4v) is 1.56. The summed E-state index contributed by atoms with van der Waals surface area (Å²) in [5, 5.41) is 10.0. The van der Waals surface area contributed by atoms with Crippen molar-refractivity contribution in [3.8, 4) is 0 Å². The van der Waals surface area contributed by atoms with Gasteiger partial charge >= 0.3 is 0 Å². The molecule has 4 nitrogen and oxygen atoms in total. The van der Waals surface area contributed by atoms with E-state index in [4.69, 9.17) is 5.73 Å². The van der Waals surface area contributed by atoms with Crippen molar-refractivity contribution in [3.05, 3.63) is 54.0 Å². The highest BCUT2D eigenvalue weighted by Gasteiger charge is 2.11. The van der Waals surface area contributed by atoms with Gasteiger partial charge in [0.25, 0.3) is 0 Å². The van der Waals surface area contributed by atoms with E-state index < -0.39 is 6.10 Å². The Morgan fingerprint density at radius 1 is 1.19 bits per heavy atom. The van der Waals surface area contributed by atoms with E-state index in [9.17, 15) is 5.11 Å². The molecular weight excluding hydrogens is 202 g/mol. The Hall–Kier alpha value is -1.94. The second-order valence-electron chi connectivity index (χ2n) is 3.55. The molecule has 0 aliphatic rings. The van der Waals surface area contributed by atoms with Crippen LogP contribution < -0.4 is 5.73 Å². The van der Waals surface area contributed by atoms with Crippen LogP contribution in [0, 0.1) is 0 Å². The Morgan fingerprint density at radius 2 is 1.94 bits per heavy atom. The van der Waals surface area contributed by atoms with Gasteiger partial charge in [0.1, 0.15) is 5.82 Å². The predicted octanol–water partition coefficient (Wildman–Crippen LogP) is 1.33. The average molecular weight is 215 g/mol. The maximum atomic E-state index is 10.0. The molecule has 2 rings (SSSR count). The number of hydrogen-bond donors (Lipinski definition) is 2. The highest BCUT2D eigenvalue weighted by Crippen LogP contribution is 2.21. The van der Waals surface area contributed by atoms with Crippen LogP contribution in [0.15, 0.2) is 42.9 Å². The Kier molecular flexibility index (Phi) is 3.12. The van der Waals surface area contributed by atoms with E-state index in [1.54, 1.807) is 30.7 Å².